The van der Waals surface area contributed by atoms with Crippen LogP contribution in [0.25, 0.3) is 11.1 Å². The average Bonchev–Trinajstić information content (AvgIpc) is 2.19. The monoisotopic (exact) mass is 302 g/mol. The minimum absolute atomic E-state index is 0.0470. The number of benzene rings is 2. The molecule has 0 fully saturated rings. The second-order valence-electron chi connectivity index (χ2n) is 3.22. The maximum atomic E-state index is 13.6. The van der Waals surface area contributed by atoms with E-state index in [1.165, 1.54) is 0 Å². The van der Waals surface area contributed by atoms with Crippen molar-refractivity contribution in [3.8, 4) is 11.1 Å². The lowest BCUT2D eigenvalue weighted by atomic mass is 10.0. The van der Waals surface area contributed by atoms with Crippen LogP contribution >= 0.6 is 27.5 Å². The molecule has 0 heterocycles. The van der Waals surface area contributed by atoms with Crippen LogP contribution < -0.4 is 0 Å². The predicted molar refractivity (Wildman–Crippen MR) is 64.5 cm³/mol. The molecule has 0 amide bonds. The van der Waals surface area contributed by atoms with E-state index in [0.717, 1.165) is 12.1 Å². The van der Waals surface area contributed by atoms with Gasteiger partial charge in [0, 0.05) is 15.1 Å². The van der Waals surface area contributed by atoms with Crippen LogP contribution in [0.5, 0.6) is 0 Å². The second kappa shape index (κ2) is 4.52. The Hall–Kier alpha value is -0.930. The van der Waals surface area contributed by atoms with E-state index in [9.17, 15) is 8.78 Å². The van der Waals surface area contributed by atoms with E-state index in [2.05, 4.69) is 15.9 Å². The maximum Gasteiger partial charge on any atom is 0.135 e. The maximum absolute atomic E-state index is 13.6. The van der Waals surface area contributed by atoms with Crippen LogP contribution in [0.1, 0.15) is 0 Å². The molecule has 2 rings (SSSR count). The van der Waals surface area contributed by atoms with E-state index in [4.69, 9.17) is 11.6 Å². The molecule has 2 aromatic carbocycles. The molecule has 0 bridgehead atoms. The predicted octanol–water partition coefficient (Wildman–Crippen LogP) is 5.05. The third-order valence-corrected chi connectivity index (χ3v) is 3.06. The normalized spacial score (nSPS) is 10.5. The molecular weight excluding hydrogens is 297 g/mol. The Morgan fingerprint density at radius 3 is 2.12 bits per heavy atom. The van der Waals surface area contributed by atoms with Gasteiger partial charge in [-0.3, -0.25) is 0 Å². The lowest BCUT2D eigenvalue weighted by Gasteiger charge is -2.07. The van der Waals surface area contributed by atoms with Crippen molar-refractivity contribution in [3.05, 3.63) is 57.5 Å². The van der Waals surface area contributed by atoms with Crippen molar-refractivity contribution in [2.75, 3.05) is 0 Å². The lowest BCUT2D eigenvalue weighted by molar-refractivity contribution is 0.589. The van der Waals surface area contributed by atoms with Crippen LogP contribution in [0.3, 0.4) is 0 Å². The van der Waals surface area contributed by atoms with E-state index >= 15 is 0 Å². The van der Waals surface area contributed by atoms with Gasteiger partial charge in [-0.2, -0.15) is 0 Å². The number of hydrogen-bond donors (Lipinski definition) is 0. The van der Waals surface area contributed by atoms with Gasteiger partial charge in [0.1, 0.15) is 11.6 Å². The molecule has 0 radical (unpaired) electrons. The van der Waals surface area contributed by atoms with Gasteiger partial charge in [-0.05, 0) is 18.2 Å². The van der Waals surface area contributed by atoms with Crippen molar-refractivity contribution >= 4 is 27.5 Å². The second-order valence-corrected chi connectivity index (χ2v) is 4.52. The Morgan fingerprint density at radius 2 is 1.56 bits per heavy atom. The zero-order chi connectivity index (χ0) is 11.7. The van der Waals surface area contributed by atoms with Crippen LogP contribution in [0.2, 0.25) is 5.02 Å². The highest BCUT2D eigenvalue weighted by Gasteiger charge is 2.14. The summed E-state index contributed by atoms with van der Waals surface area (Å²) in [6.07, 6.45) is 0. The third kappa shape index (κ3) is 2.11. The molecule has 0 saturated heterocycles. The molecule has 0 saturated carbocycles. The molecule has 16 heavy (non-hydrogen) atoms. The fraction of sp³-hybridized carbons (Fsp3) is 0. The van der Waals surface area contributed by atoms with E-state index in [1.54, 1.807) is 24.3 Å². The molecule has 0 aliphatic carbocycles. The molecule has 0 unspecified atom stereocenters. The summed E-state index contributed by atoms with van der Waals surface area (Å²) in [5, 5.41) is 0.0470. The molecule has 0 spiro atoms. The summed E-state index contributed by atoms with van der Waals surface area (Å²) in [5.74, 6) is -1.34. The molecule has 2 aromatic rings. The topological polar surface area (TPSA) is 0 Å². The fourth-order valence-electron chi connectivity index (χ4n) is 1.46. The highest BCUT2D eigenvalue weighted by atomic mass is 79.9. The van der Waals surface area contributed by atoms with Gasteiger partial charge in [0.05, 0.1) is 5.56 Å². The first-order chi connectivity index (χ1) is 7.59. The van der Waals surface area contributed by atoms with Crippen molar-refractivity contribution in [2.45, 2.75) is 0 Å². The SMILES string of the molecule is Fc1cc(Cl)cc(F)c1-c1ccccc1Br. The van der Waals surface area contributed by atoms with E-state index in [-0.39, 0.29) is 10.6 Å². The van der Waals surface area contributed by atoms with Gasteiger partial charge in [0.2, 0.25) is 0 Å². The number of halogens is 4. The van der Waals surface area contributed by atoms with Crippen LogP contribution in [-0.4, -0.2) is 0 Å². The first kappa shape index (κ1) is 11.6. The average molecular weight is 304 g/mol. The number of rotatable bonds is 1. The summed E-state index contributed by atoms with van der Waals surface area (Å²) in [6.45, 7) is 0. The van der Waals surface area contributed by atoms with Gasteiger partial charge in [-0.1, -0.05) is 45.7 Å². The zero-order valence-corrected chi connectivity index (χ0v) is 10.3. The zero-order valence-electron chi connectivity index (χ0n) is 7.98. The Labute approximate surface area is 105 Å². The molecular formula is C12H6BrClF2. The van der Waals surface area contributed by atoms with Gasteiger partial charge in [-0.15, -0.1) is 0 Å². The van der Waals surface area contributed by atoms with Crippen LogP contribution in [0.4, 0.5) is 8.78 Å². The lowest BCUT2D eigenvalue weighted by Crippen LogP contribution is -1.91. The molecule has 82 valence electrons. The third-order valence-electron chi connectivity index (χ3n) is 2.15. The van der Waals surface area contributed by atoms with Crippen molar-refractivity contribution in [1.82, 2.24) is 0 Å². The van der Waals surface area contributed by atoms with Gasteiger partial charge < -0.3 is 0 Å². The van der Waals surface area contributed by atoms with Gasteiger partial charge >= 0.3 is 0 Å². The van der Waals surface area contributed by atoms with Crippen LogP contribution in [0.15, 0.2) is 40.9 Å². The highest BCUT2D eigenvalue weighted by Crippen LogP contribution is 2.33. The molecule has 0 N–H and O–H groups in total. The van der Waals surface area contributed by atoms with Crippen LogP contribution in [-0.2, 0) is 0 Å². The molecule has 0 aliphatic heterocycles. The summed E-state index contributed by atoms with van der Waals surface area (Å²) in [5.41, 5.74) is 0.394. The minimum Gasteiger partial charge on any atom is -0.206 e. The highest BCUT2D eigenvalue weighted by molar-refractivity contribution is 9.10. The van der Waals surface area contributed by atoms with Gasteiger partial charge in [0.15, 0.2) is 0 Å². The van der Waals surface area contributed by atoms with Gasteiger partial charge in [-0.25, -0.2) is 8.78 Å². The van der Waals surface area contributed by atoms with E-state index in [1.807, 2.05) is 0 Å². The summed E-state index contributed by atoms with van der Waals surface area (Å²) < 4.78 is 27.9. The summed E-state index contributed by atoms with van der Waals surface area (Å²) in [4.78, 5) is 0. The summed E-state index contributed by atoms with van der Waals surface area (Å²) >= 11 is 8.81. The molecule has 0 atom stereocenters. The first-order valence-electron chi connectivity index (χ1n) is 4.49. The number of hydrogen-bond acceptors (Lipinski definition) is 0. The van der Waals surface area contributed by atoms with Crippen molar-refractivity contribution < 1.29 is 8.78 Å². The van der Waals surface area contributed by atoms with Crippen molar-refractivity contribution in [2.24, 2.45) is 0 Å². The van der Waals surface area contributed by atoms with Crippen molar-refractivity contribution in [3.63, 3.8) is 0 Å². The standard InChI is InChI=1S/C12H6BrClF2/c13-9-4-2-1-3-8(9)12-10(15)5-7(14)6-11(12)16/h1-6H. The quantitative estimate of drug-likeness (QED) is 0.692. The molecule has 0 aliphatic rings. The largest absolute Gasteiger partial charge is 0.206 e. The minimum atomic E-state index is -0.670. The Balaban J connectivity index is 2.70. The van der Waals surface area contributed by atoms with Crippen LogP contribution in [0, 0.1) is 11.6 Å². The summed E-state index contributed by atoms with van der Waals surface area (Å²) in [6, 6.07) is 9.05. The first-order valence-corrected chi connectivity index (χ1v) is 5.66. The Morgan fingerprint density at radius 1 is 1.00 bits per heavy atom. The molecule has 0 nitrogen and oxygen atoms in total. The van der Waals surface area contributed by atoms with Gasteiger partial charge in [0.25, 0.3) is 0 Å². The fourth-order valence-corrected chi connectivity index (χ4v) is 2.14. The van der Waals surface area contributed by atoms with E-state index < -0.39 is 11.6 Å². The molecule has 4 heteroatoms. The summed E-state index contributed by atoms with van der Waals surface area (Å²) in [7, 11) is 0. The Bertz CT molecular complexity index is 517. The van der Waals surface area contributed by atoms with E-state index in [0.29, 0.717) is 10.0 Å². The smallest absolute Gasteiger partial charge is 0.135 e. The molecule has 0 aromatic heterocycles. The van der Waals surface area contributed by atoms with Crippen molar-refractivity contribution in [1.29, 1.82) is 0 Å². The Kier molecular flexibility index (Phi) is 3.26.